The summed E-state index contributed by atoms with van der Waals surface area (Å²) in [5.41, 5.74) is 1.49. The fourth-order valence-corrected chi connectivity index (χ4v) is 3.53. The van der Waals surface area contributed by atoms with Crippen molar-refractivity contribution in [3.8, 4) is 0 Å². The molecule has 1 saturated heterocycles. The Morgan fingerprint density at radius 1 is 1.48 bits per heavy atom. The first-order valence-corrected chi connectivity index (χ1v) is 8.19. The second-order valence-corrected chi connectivity index (χ2v) is 6.33. The summed E-state index contributed by atoms with van der Waals surface area (Å²) in [7, 11) is 3.20. The highest BCUT2D eigenvalue weighted by Crippen LogP contribution is 2.32. The van der Waals surface area contributed by atoms with E-state index < -0.39 is 5.97 Å². The summed E-state index contributed by atoms with van der Waals surface area (Å²) in [6, 6.07) is 1.52. The number of hydrogen-bond acceptors (Lipinski definition) is 5. The van der Waals surface area contributed by atoms with E-state index in [-0.39, 0.29) is 12.1 Å². The Kier molecular flexibility index (Phi) is 4.33. The van der Waals surface area contributed by atoms with E-state index in [0.717, 1.165) is 18.4 Å². The molecule has 1 aliphatic rings. The Balaban J connectivity index is 1.70. The molecule has 0 aromatic carbocycles. The largest absolute Gasteiger partial charge is 0.465 e. The van der Waals surface area contributed by atoms with Gasteiger partial charge in [0.25, 0.3) is 0 Å². The molecule has 0 unspecified atom stereocenters. The minimum Gasteiger partial charge on any atom is -0.465 e. The lowest BCUT2D eigenvalue weighted by Gasteiger charge is -2.23. The summed E-state index contributed by atoms with van der Waals surface area (Å²) in [6.45, 7) is 0.709. The summed E-state index contributed by atoms with van der Waals surface area (Å²) in [5, 5.41) is 9.34. The van der Waals surface area contributed by atoms with E-state index in [0.29, 0.717) is 17.1 Å². The minimum atomic E-state index is -0.406. The molecule has 8 heteroatoms. The van der Waals surface area contributed by atoms with Crippen LogP contribution >= 0.6 is 11.3 Å². The Morgan fingerprint density at radius 2 is 2.30 bits per heavy atom. The Morgan fingerprint density at radius 3 is 3.00 bits per heavy atom. The van der Waals surface area contributed by atoms with Gasteiger partial charge in [0, 0.05) is 30.7 Å². The van der Waals surface area contributed by atoms with Crippen molar-refractivity contribution in [1.82, 2.24) is 14.7 Å². The van der Waals surface area contributed by atoms with Crippen molar-refractivity contribution < 1.29 is 14.3 Å². The molecular weight excluding hydrogens is 316 g/mol. The van der Waals surface area contributed by atoms with E-state index in [1.54, 1.807) is 22.3 Å². The third kappa shape index (κ3) is 3.21. The number of nitrogens with zero attached hydrogens (tertiary/aromatic N) is 3. The molecule has 0 bridgehead atoms. The zero-order chi connectivity index (χ0) is 16.4. The molecule has 0 spiro atoms. The molecule has 1 N–H and O–H groups in total. The van der Waals surface area contributed by atoms with Crippen molar-refractivity contribution in [3.63, 3.8) is 0 Å². The molecule has 3 heterocycles. The topological polar surface area (TPSA) is 76.5 Å². The van der Waals surface area contributed by atoms with Crippen molar-refractivity contribution in [2.75, 3.05) is 19.0 Å². The fourth-order valence-electron chi connectivity index (χ4n) is 2.77. The number of aryl methyl sites for hydroxylation is 1. The Bertz CT molecular complexity index is 724. The van der Waals surface area contributed by atoms with E-state index in [2.05, 4.69) is 15.2 Å². The molecule has 2 amide bonds. The molecule has 1 aliphatic heterocycles. The van der Waals surface area contributed by atoms with Gasteiger partial charge in [0.15, 0.2) is 0 Å². The number of carbonyl (C=O) groups is 2. The number of nitrogens with one attached hydrogen (secondary N) is 1. The van der Waals surface area contributed by atoms with Gasteiger partial charge in [0.05, 0.1) is 29.9 Å². The van der Waals surface area contributed by atoms with Crippen molar-refractivity contribution >= 4 is 28.3 Å². The molecule has 1 fully saturated rings. The Hall–Kier alpha value is -2.35. The summed E-state index contributed by atoms with van der Waals surface area (Å²) >= 11 is 1.31. The lowest BCUT2D eigenvalue weighted by atomic mass is 10.1. The summed E-state index contributed by atoms with van der Waals surface area (Å²) in [4.78, 5) is 25.8. The van der Waals surface area contributed by atoms with E-state index in [4.69, 9.17) is 0 Å². The number of amides is 2. The first kappa shape index (κ1) is 15.5. The number of carbonyl (C=O) groups excluding carboxylic acids is 2. The number of urea groups is 1. The summed E-state index contributed by atoms with van der Waals surface area (Å²) in [5.74, 6) is -0.406. The van der Waals surface area contributed by atoms with Crippen LogP contribution in [0.3, 0.4) is 0 Å². The number of ether oxygens (including phenoxy) is 1. The molecule has 7 nitrogen and oxygen atoms in total. The maximum absolute atomic E-state index is 12.5. The SMILES string of the molecule is COC(=O)c1csc(NC(=O)N2CCC[C@@H]2c2cnn(C)c2)c1. The normalized spacial score (nSPS) is 17.3. The predicted octanol–water partition coefficient (Wildman–Crippen LogP) is 2.64. The zero-order valence-corrected chi connectivity index (χ0v) is 13.8. The van der Waals surface area contributed by atoms with Crippen molar-refractivity contribution in [1.29, 1.82) is 0 Å². The van der Waals surface area contributed by atoms with Crippen LogP contribution in [0.2, 0.25) is 0 Å². The standard InChI is InChI=1S/C15H18N4O3S/c1-18-8-11(7-16-18)12-4-3-5-19(12)15(21)17-13-6-10(9-23-13)14(20)22-2/h6-9,12H,3-5H2,1-2H3,(H,17,21)/t12-/m1/s1. The number of rotatable bonds is 3. The summed E-state index contributed by atoms with van der Waals surface area (Å²) < 4.78 is 6.41. The monoisotopic (exact) mass is 334 g/mol. The lowest BCUT2D eigenvalue weighted by molar-refractivity contribution is 0.0601. The molecule has 0 saturated carbocycles. The molecule has 0 radical (unpaired) electrons. The van der Waals surface area contributed by atoms with Gasteiger partial charge in [-0.25, -0.2) is 9.59 Å². The highest BCUT2D eigenvalue weighted by molar-refractivity contribution is 7.14. The van der Waals surface area contributed by atoms with Gasteiger partial charge in [0.1, 0.15) is 0 Å². The van der Waals surface area contributed by atoms with Crippen LogP contribution < -0.4 is 5.32 Å². The molecule has 2 aromatic rings. The lowest BCUT2D eigenvalue weighted by Crippen LogP contribution is -2.34. The first-order chi connectivity index (χ1) is 11.1. The molecule has 122 valence electrons. The van der Waals surface area contributed by atoms with E-state index >= 15 is 0 Å². The maximum atomic E-state index is 12.5. The molecule has 3 rings (SSSR count). The Labute approximate surface area is 137 Å². The average molecular weight is 334 g/mol. The first-order valence-electron chi connectivity index (χ1n) is 7.31. The number of anilines is 1. The van der Waals surface area contributed by atoms with Crippen LogP contribution in [0.1, 0.15) is 34.8 Å². The van der Waals surface area contributed by atoms with Crippen molar-refractivity contribution in [2.45, 2.75) is 18.9 Å². The molecule has 0 aliphatic carbocycles. The third-order valence-corrected chi connectivity index (χ3v) is 4.72. The summed E-state index contributed by atoms with van der Waals surface area (Å²) in [6.07, 6.45) is 5.63. The number of aromatic nitrogens is 2. The van der Waals surface area contributed by atoms with Gasteiger partial charge in [0.2, 0.25) is 0 Å². The average Bonchev–Trinajstić information content (AvgIpc) is 3.25. The molecular formula is C15H18N4O3S. The van der Waals surface area contributed by atoms with Crippen LogP contribution in [-0.2, 0) is 11.8 Å². The van der Waals surface area contributed by atoms with Crippen LogP contribution in [0.15, 0.2) is 23.8 Å². The van der Waals surface area contributed by atoms with Gasteiger partial charge in [-0.1, -0.05) is 0 Å². The number of likely N-dealkylation sites (tertiary alicyclic amines) is 1. The molecule has 23 heavy (non-hydrogen) atoms. The second kappa shape index (κ2) is 6.41. The molecule has 1 atom stereocenters. The predicted molar refractivity (Wildman–Crippen MR) is 86.6 cm³/mol. The smallest absolute Gasteiger partial charge is 0.338 e. The van der Waals surface area contributed by atoms with E-state index in [1.807, 2.05) is 18.1 Å². The highest BCUT2D eigenvalue weighted by Gasteiger charge is 2.31. The maximum Gasteiger partial charge on any atom is 0.338 e. The van der Waals surface area contributed by atoms with E-state index in [1.165, 1.54) is 18.4 Å². The quantitative estimate of drug-likeness (QED) is 0.876. The van der Waals surface area contributed by atoms with Gasteiger partial charge in [-0.05, 0) is 18.9 Å². The third-order valence-electron chi connectivity index (χ3n) is 3.87. The van der Waals surface area contributed by atoms with E-state index in [9.17, 15) is 9.59 Å². The van der Waals surface area contributed by atoms with Crippen LogP contribution in [-0.4, -0.2) is 40.3 Å². The fraction of sp³-hybridized carbons (Fsp3) is 0.400. The van der Waals surface area contributed by atoms with Gasteiger partial charge in [-0.3, -0.25) is 10.00 Å². The number of hydrogen-bond donors (Lipinski definition) is 1. The second-order valence-electron chi connectivity index (χ2n) is 5.42. The van der Waals surface area contributed by atoms with Crippen LogP contribution in [0.4, 0.5) is 9.80 Å². The number of thiophene rings is 1. The van der Waals surface area contributed by atoms with Gasteiger partial charge in [-0.15, -0.1) is 11.3 Å². The van der Waals surface area contributed by atoms with Gasteiger partial charge >= 0.3 is 12.0 Å². The number of methoxy groups -OCH3 is 1. The molecule has 2 aromatic heterocycles. The van der Waals surface area contributed by atoms with Gasteiger partial charge in [-0.2, -0.15) is 5.10 Å². The highest BCUT2D eigenvalue weighted by atomic mass is 32.1. The number of esters is 1. The minimum absolute atomic E-state index is 0.0451. The van der Waals surface area contributed by atoms with Crippen LogP contribution in [0.25, 0.3) is 0 Å². The van der Waals surface area contributed by atoms with Crippen molar-refractivity contribution in [3.05, 3.63) is 35.0 Å². The van der Waals surface area contributed by atoms with Crippen LogP contribution in [0, 0.1) is 0 Å². The van der Waals surface area contributed by atoms with Crippen LogP contribution in [0.5, 0.6) is 0 Å². The zero-order valence-electron chi connectivity index (χ0n) is 13.0. The van der Waals surface area contributed by atoms with Crippen molar-refractivity contribution in [2.24, 2.45) is 7.05 Å². The van der Waals surface area contributed by atoms with Gasteiger partial charge < -0.3 is 9.64 Å².